The number of aliphatic imine (C=N–C) groups is 1. The van der Waals surface area contributed by atoms with Gasteiger partial charge in [0, 0.05) is 50.1 Å². The van der Waals surface area contributed by atoms with Gasteiger partial charge in [-0.2, -0.15) is 0 Å². The summed E-state index contributed by atoms with van der Waals surface area (Å²) in [5.41, 5.74) is 3.54. The van der Waals surface area contributed by atoms with Crippen LogP contribution in [0.15, 0.2) is 41.4 Å². The first kappa shape index (κ1) is 26.9. The number of hydrogen-bond acceptors (Lipinski definition) is 5. The van der Waals surface area contributed by atoms with E-state index in [0.717, 1.165) is 42.5 Å². The molecule has 0 amide bonds. The molecule has 0 aromatic heterocycles. The average Bonchev–Trinajstić information content (AvgIpc) is 3.38. The van der Waals surface area contributed by atoms with Crippen LogP contribution in [0.3, 0.4) is 0 Å². The summed E-state index contributed by atoms with van der Waals surface area (Å²) in [6, 6.07) is 12.7. The van der Waals surface area contributed by atoms with Crippen LogP contribution in [0.4, 0.5) is 5.69 Å². The van der Waals surface area contributed by atoms with Crippen molar-refractivity contribution in [2.24, 2.45) is 4.99 Å². The number of methoxy groups -OCH3 is 3. The molecule has 2 aromatic rings. The van der Waals surface area contributed by atoms with Crippen molar-refractivity contribution >= 4 is 35.6 Å². The van der Waals surface area contributed by atoms with Crippen LogP contribution in [0.25, 0.3) is 0 Å². The van der Waals surface area contributed by atoms with Gasteiger partial charge in [0.05, 0.1) is 27.4 Å². The molecule has 1 saturated heterocycles. The number of hydrogen-bond donors (Lipinski definition) is 2. The summed E-state index contributed by atoms with van der Waals surface area (Å²) in [5, 5.41) is 6.91. The fourth-order valence-corrected chi connectivity index (χ4v) is 4.08. The lowest BCUT2D eigenvalue weighted by Crippen LogP contribution is -2.39. The molecule has 2 aromatic carbocycles. The van der Waals surface area contributed by atoms with Crippen molar-refractivity contribution in [3.05, 3.63) is 47.5 Å². The lowest BCUT2D eigenvalue weighted by Gasteiger charge is -2.22. The third-order valence-corrected chi connectivity index (χ3v) is 5.90. The molecule has 1 atom stereocenters. The zero-order chi connectivity index (χ0) is 22.9. The zero-order valence-corrected chi connectivity index (χ0v) is 22.6. The monoisotopic (exact) mass is 568 g/mol. The van der Waals surface area contributed by atoms with Crippen LogP contribution < -0.4 is 29.7 Å². The number of nitrogens with zero attached hydrogens (tertiary/aromatic N) is 2. The minimum Gasteiger partial charge on any atom is -0.496 e. The van der Waals surface area contributed by atoms with Gasteiger partial charge in [0.25, 0.3) is 0 Å². The van der Waals surface area contributed by atoms with Gasteiger partial charge in [-0.15, -0.1) is 24.0 Å². The third-order valence-electron chi connectivity index (χ3n) is 5.90. The fourth-order valence-electron chi connectivity index (χ4n) is 4.08. The van der Waals surface area contributed by atoms with Gasteiger partial charge in [0.15, 0.2) is 5.96 Å². The number of ether oxygens (including phenoxy) is 3. The largest absolute Gasteiger partial charge is 0.496 e. The highest BCUT2D eigenvalue weighted by Gasteiger charge is 2.16. The topological polar surface area (TPSA) is 67.4 Å². The van der Waals surface area contributed by atoms with Crippen LogP contribution in [0.2, 0.25) is 0 Å². The first-order valence-electron chi connectivity index (χ1n) is 11.2. The van der Waals surface area contributed by atoms with Crippen molar-refractivity contribution in [3.8, 4) is 17.2 Å². The van der Waals surface area contributed by atoms with Gasteiger partial charge in [-0.1, -0.05) is 12.1 Å². The van der Waals surface area contributed by atoms with E-state index in [0.29, 0.717) is 12.3 Å². The Bertz CT molecular complexity index is 891. The molecular formula is C25H37IN4O3. The van der Waals surface area contributed by atoms with E-state index in [2.05, 4.69) is 51.7 Å². The summed E-state index contributed by atoms with van der Waals surface area (Å²) in [6.07, 6.45) is 3.27. The lowest BCUT2D eigenvalue weighted by atomic mass is 10.1. The van der Waals surface area contributed by atoms with Crippen LogP contribution >= 0.6 is 24.0 Å². The number of nitrogens with one attached hydrogen (secondary N) is 2. The van der Waals surface area contributed by atoms with Crippen molar-refractivity contribution in [3.63, 3.8) is 0 Å². The van der Waals surface area contributed by atoms with E-state index in [9.17, 15) is 0 Å². The summed E-state index contributed by atoms with van der Waals surface area (Å²) in [4.78, 5) is 6.86. The first-order valence-corrected chi connectivity index (χ1v) is 11.2. The second kappa shape index (κ2) is 13.4. The first-order chi connectivity index (χ1) is 15.6. The Balaban J connectivity index is 0.00000385. The molecule has 0 saturated carbocycles. The van der Waals surface area contributed by atoms with Gasteiger partial charge in [-0.3, -0.25) is 4.99 Å². The number of rotatable bonds is 9. The van der Waals surface area contributed by atoms with E-state index in [1.165, 1.54) is 24.1 Å². The summed E-state index contributed by atoms with van der Waals surface area (Å²) >= 11 is 0. The summed E-state index contributed by atoms with van der Waals surface area (Å²) in [7, 11) is 6.73. The number of guanidine groups is 1. The van der Waals surface area contributed by atoms with Crippen molar-refractivity contribution in [1.29, 1.82) is 0 Å². The quantitative estimate of drug-likeness (QED) is 0.266. The molecule has 1 heterocycles. The van der Waals surface area contributed by atoms with Gasteiger partial charge in [0.1, 0.15) is 17.2 Å². The smallest absolute Gasteiger partial charge is 0.191 e. The summed E-state index contributed by atoms with van der Waals surface area (Å²) in [6.45, 7) is 5.13. The fraction of sp³-hybridized carbons (Fsp3) is 0.480. The highest BCUT2D eigenvalue weighted by molar-refractivity contribution is 14.0. The maximum atomic E-state index is 5.55. The lowest BCUT2D eigenvalue weighted by molar-refractivity contribution is 0.368. The van der Waals surface area contributed by atoms with E-state index in [1.54, 1.807) is 28.4 Å². The van der Waals surface area contributed by atoms with E-state index in [1.807, 2.05) is 12.1 Å². The second-order valence-corrected chi connectivity index (χ2v) is 7.91. The molecule has 1 aliphatic heterocycles. The summed E-state index contributed by atoms with van der Waals surface area (Å²) in [5.74, 6) is 2.96. The third kappa shape index (κ3) is 7.06. The van der Waals surface area contributed by atoms with E-state index in [-0.39, 0.29) is 30.0 Å². The maximum Gasteiger partial charge on any atom is 0.191 e. The molecule has 3 rings (SSSR count). The highest BCUT2D eigenvalue weighted by Crippen LogP contribution is 2.34. The SMILES string of the molecule is CN=C(NCCc1c(OC)cc(OC)cc1OC)NC(C)c1cccc(N2CCCC2)c1.I. The molecule has 0 spiro atoms. The van der Waals surface area contributed by atoms with Crippen LogP contribution in [-0.2, 0) is 6.42 Å². The molecule has 0 aliphatic carbocycles. The van der Waals surface area contributed by atoms with E-state index < -0.39 is 0 Å². The van der Waals surface area contributed by atoms with Gasteiger partial charge < -0.3 is 29.7 Å². The summed E-state index contributed by atoms with van der Waals surface area (Å²) < 4.78 is 16.4. The number of halogens is 1. The predicted octanol–water partition coefficient (Wildman–Crippen LogP) is 4.40. The molecule has 0 radical (unpaired) electrons. The van der Waals surface area contributed by atoms with E-state index in [4.69, 9.17) is 14.2 Å². The maximum absolute atomic E-state index is 5.55. The molecule has 8 heteroatoms. The molecule has 0 bridgehead atoms. The molecule has 1 unspecified atom stereocenters. The van der Waals surface area contributed by atoms with Crippen LogP contribution in [0.5, 0.6) is 17.2 Å². The van der Waals surface area contributed by atoms with Gasteiger partial charge in [0.2, 0.25) is 0 Å². The molecule has 2 N–H and O–H groups in total. The van der Waals surface area contributed by atoms with Gasteiger partial charge in [-0.25, -0.2) is 0 Å². The Hall–Kier alpha value is -2.36. The van der Waals surface area contributed by atoms with Crippen LogP contribution in [0, 0.1) is 0 Å². The molecule has 33 heavy (non-hydrogen) atoms. The zero-order valence-electron chi connectivity index (χ0n) is 20.3. The van der Waals surface area contributed by atoms with Gasteiger partial charge in [-0.05, 0) is 43.9 Å². The van der Waals surface area contributed by atoms with Crippen LogP contribution in [-0.4, -0.2) is 54.0 Å². The van der Waals surface area contributed by atoms with Crippen molar-refractivity contribution in [1.82, 2.24) is 10.6 Å². The van der Waals surface area contributed by atoms with Gasteiger partial charge >= 0.3 is 0 Å². The highest BCUT2D eigenvalue weighted by atomic mass is 127. The molecule has 7 nitrogen and oxygen atoms in total. The van der Waals surface area contributed by atoms with Crippen molar-refractivity contribution in [2.75, 3.05) is 52.9 Å². The second-order valence-electron chi connectivity index (χ2n) is 7.91. The molecular weight excluding hydrogens is 531 g/mol. The molecule has 1 aliphatic rings. The standard InChI is InChI=1S/C25H36N4O3.HI/c1-18(19-9-8-10-20(15-19)29-13-6-7-14-29)28-25(26-2)27-12-11-22-23(31-4)16-21(30-3)17-24(22)32-5;/h8-10,15-18H,6-7,11-14H2,1-5H3,(H2,26,27,28);1H. The van der Waals surface area contributed by atoms with Crippen molar-refractivity contribution in [2.45, 2.75) is 32.2 Å². The normalized spacial score (nSPS) is 14.3. The predicted molar refractivity (Wildman–Crippen MR) is 146 cm³/mol. The Kier molecular flexibility index (Phi) is 10.9. The Morgan fingerprint density at radius 2 is 1.70 bits per heavy atom. The molecule has 1 fully saturated rings. The van der Waals surface area contributed by atoms with Crippen molar-refractivity contribution < 1.29 is 14.2 Å². The molecule has 182 valence electrons. The number of benzene rings is 2. The minimum absolute atomic E-state index is 0. The Labute approximate surface area is 214 Å². The van der Waals surface area contributed by atoms with E-state index >= 15 is 0 Å². The Morgan fingerprint density at radius 1 is 1.03 bits per heavy atom. The average molecular weight is 569 g/mol. The van der Waals surface area contributed by atoms with Crippen LogP contribution in [0.1, 0.15) is 36.9 Å². The minimum atomic E-state index is 0. The number of anilines is 1. The Morgan fingerprint density at radius 3 is 2.27 bits per heavy atom.